The molecule has 0 saturated heterocycles. The maximum absolute atomic E-state index is 9.91. The van der Waals surface area contributed by atoms with Crippen molar-refractivity contribution in [1.29, 1.82) is 0 Å². The first-order valence-corrected chi connectivity index (χ1v) is 3.93. The molecule has 1 aromatic heterocycles. The number of carboxylic acid groups (broad SMARTS) is 1. The Kier molecular flexibility index (Phi) is 8.56. The van der Waals surface area contributed by atoms with Crippen LogP contribution >= 0.6 is 0 Å². The molecule has 0 fully saturated rings. The van der Waals surface area contributed by atoms with Crippen molar-refractivity contribution in [2.75, 3.05) is 0 Å². The van der Waals surface area contributed by atoms with Gasteiger partial charge in [-0.05, 0) is 12.1 Å². The molecule has 0 aliphatic rings. The summed E-state index contributed by atoms with van der Waals surface area (Å²) < 4.78 is 0. The molecule has 73 valence electrons. The Morgan fingerprint density at radius 1 is 1.36 bits per heavy atom. The molecule has 1 rings (SSSR count). The Morgan fingerprint density at radius 2 is 1.86 bits per heavy atom. The van der Waals surface area contributed by atoms with Crippen LogP contribution in [0.25, 0.3) is 0 Å². The summed E-state index contributed by atoms with van der Waals surface area (Å²) in [6.45, 7) is 4.80. The largest absolute Gasteiger partial charge is 0.550 e. The van der Waals surface area contributed by atoms with Crippen LogP contribution in [0.2, 0.25) is 0 Å². The molecule has 1 radical (unpaired) electrons. The molecular formula is C10H13NO2Zn-. The van der Waals surface area contributed by atoms with Gasteiger partial charge in [-0.1, -0.05) is 26.8 Å². The van der Waals surface area contributed by atoms with Gasteiger partial charge in [-0.15, -0.1) is 0 Å². The molecule has 0 saturated carbocycles. The first-order valence-electron chi connectivity index (χ1n) is 3.93. The summed E-state index contributed by atoms with van der Waals surface area (Å²) in [6.07, 6.45) is 4.34. The minimum Gasteiger partial charge on any atom is -0.550 e. The Bertz CT molecular complexity index is 217. The van der Waals surface area contributed by atoms with E-state index < -0.39 is 11.4 Å². The quantitative estimate of drug-likeness (QED) is 0.630. The third-order valence-electron chi connectivity index (χ3n) is 1.13. The van der Waals surface area contributed by atoms with Crippen LogP contribution in [0.4, 0.5) is 0 Å². The molecule has 0 N–H and O–H groups in total. The zero-order chi connectivity index (χ0) is 10.3. The van der Waals surface area contributed by atoms with E-state index in [1.54, 1.807) is 33.0 Å². The van der Waals surface area contributed by atoms with Crippen LogP contribution in [0.5, 0.6) is 0 Å². The second-order valence-electron chi connectivity index (χ2n) is 3.50. The average Bonchev–Trinajstić information content (AvgIpc) is 2.07. The standard InChI is InChI=1S/C5H4N.C5H10O2.Zn/c1-2-4-6-5-3-1;1-5(2,3)4(6)7;/h1-4H;1-3H3,(H,6,7);/p-1. The molecule has 4 heteroatoms. The number of hydrogen-bond donors (Lipinski definition) is 0. The average molecular weight is 245 g/mol. The van der Waals surface area contributed by atoms with Gasteiger partial charge in [-0.3, -0.25) is 4.98 Å². The number of nitrogens with zero attached hydrogens (tertiary/aromatic N) is 1. The van der Waals surface area contributed by atoms with E-state index in [9.17, 15) is 9.90 Å². The third-order valence-corrected chi connectivity index (χ3v) is 1.13. The number of aromatic nitrogens is 1. The predicted octanol–water partition coefficient (Wildman–Crippen LogP) is 0.662. The van der Waals surface area contributed by atoms with Gasteiger partial charge in [-0.25, -0.2) is 0 Å². The molecule has 0 aliphatic carbocycles. The van der Waals surface area contributed by atoms with Crippen LogP contribution in [-0.2, 0) is 24.3 Å². The zero-order valence-electron chi connectivity index (χ0n) is 8.78. The van der Waals surface area contributed by atoms with E-state index in [0.29, 0.717) is 0 Å². The monoisotopic (exact) mass is 243 g/mol. The van der Waals surface area contributed by atoms with Crippen molar-refractivity contribution >= 4 is 5.97 Å². The first-order chi connectivity index (χ1) is 5.94. The first kappa shape index (κ1) is 15.7. The molecule has 0 aromatic carbocycles. The summed E-state index contributed by atoms with van der Waals surface area (Å²) in [4.78, 5) is 13.6. The van der Waals surface area contributed by atoms with Crippen molar-refractivity contribution in [1.82, 2.24) is 4.98 Å². The van der Waals surface area contributed by atoms with E-state index in [1.807, 2.05) is 12.1 Å². The van der Waals surface area contributed by atoms with E-state index >= 15 is 0 Å². The van der Waals surface area contributed by atoms with Crippen molar-refractivity contribution in [3.05, 3.63) is 30.6 Å². The molecule has 0 bridgehead atoms. The number of pyridine rings is 1. The van der Waals surface area contributed by atoms with Gasteiger partial charge in [0.25, 0.3) is 0 Å². The van der Waals surface area contributed by atoms with E-state index in [0.717, 1.165) is 0 Å². The Labute approximate surface area is 97.3 Å². The van der Waals surface area contributed by atoms with Gasteiger partial charge in [0.2, 0.25) is 0 Å². The van der Waals surface area contributed by atoms with Crippen molar-refractivity contribution in [2.45, 2.75) is 20.8 Å². The van der Waals surface area contributed by atoms with Gasteiger partial charge in [0.15, 0.2) is 0 Å². The zero-order valence-corrected chi connectivity index (χ0v) is 11.7. The Morgan fingerprint density at radius 3 is 1.93 bits per heavy atom. The molecule has 0 amide bonds. The second-order valence-corrected chi connectivity index (χ2v) is 3.50. The van der Waals surface area contributed by atoms with Crippen LogP contribution in [0.1, 0.15) is 20.8 Å². The third kappa shape index (κ3) is 9.33. The molecule has 1 aromatic rings. The van der Waals surface area contributed by atoms with Crippen molar-refractivity contribution in [3.8, 4) is 0 Å². The SMILES string of the molecule is CC(C)(C)C(=O)[O-].[Zn].[c]1ccccn1. The maximum atomic E-state index is 9.91. The van der Waals surface area contributed by atoms with Crippen molar-refractivity contribution in [2.24, 2.45) is 5.41 Å². The molecule has 0 unspecified atom stereocenters. The van der Waals surface area contributed by atoms with Gasteiger partial charge in [-0.2, -0.15) is 0 Å². The molecule has 0 aliphatic heterocycles. The molecule has 0 spiro atoms. The van der Waals surface area contributed by atoms with E-state index in [1.165, 1.54) is 0 Å². The number of carbonyl (C=O) groups is 1. The molecule has 14 heavy (non-hydrogen) atoms. The second kappa shape index (κ2) is 7.63. The van der Waals surface area contributed by atoms with Crippen LogP contribution in [-0.4, -0.2) is 11.0 Å². The normalized spacial score (nSPS) is 9.07. The summed E-state index contributed by atoms with van der Waals surface area (Å²) in [5.74, 6) is -1.01. The fourth-order valence-corrected chi connectivity index (χ4v) is 0.277. The van der Waals surface area contributed by atoms with Crippen LogP contribution in [0.15, 0.2) is 24.4 Å². The van der Waals surface area contributed by atoms with Crippen LogP contribution < -0.4 is 5.11 Å². The Balaban J connectivity index is 0. The topological polar surface area (TPSA) is 53.0 Å². The summed E-state index contributed by atoms with van der Waals surface area (Å²) in [5, 5.41) is 9.91. The molecule has 0 atom stereocenters. The van der Waals surface area contributed by atoms with Gasteiger partial charge in [0.1, 0.15) is 0 Å². The molecular weight excluding hydrogens is 232 g/mol. The summed E-state index contributed by atoms with van der Waals surface area (Å²) in [6, 6.07) is 5.50. The van der Waals surface area contributed by atoms with Gasteiger partial charge in [0, 0.05) is 37.1 Å². The van der Waals surface area contributed by atoms with Crippen LogP contribution in [0.3, 0.4) is 0 Å². The van der Waals surface area contributed by atoms with Gasteiger partial charge >= 0.3 is 0 Å². The smallest absolute Gasteiger partial charge is 0.0886 e. The Hall–Kier alpha value is -0.757. The predicted molar refractivity (Wildman–Crippen MR) is 47.5 cm³/mol. The van der Waals surface area contributed by atoms with E-state index in [4.69, 9.17) is 0 Å². The molecule has 3 nitrogen and oxygen atoms in total. The number of carboxylic acids is 1. The van der Waals surface area contributed by atoms with Crippen molar-refractivity contribution < 1.29 is 29.4 Å². The van der Waals surface area contributed by atoms with E-state index in [2.05, 4.69) is 11.2 Å². The van der Waals surface area contributed by atoms with Crippen molar-refractivity contribution in [3.63, 3.8) is 0 Å². The number of carbonyl (C=O) groups excluding carboxylic acids is 1. The van der Waals surface area contributed by atoms with Gasteiger partial charge < -0.3 is 9.90 Å². The summed E-state index contributed by atoms with van der Waals surface area (Å²) in [5.41, 5.74) is -0.694. The minimum atomic E-state index is -1.01. The van der Waals surface area contributed by atoms with E-state index in [-0.39, 0.29) is 19.5 Å². The number of hydrogen-bond acceptors (Lipinski definition) is 3. The maximum Gasteiger partial charge on any atom is 0.0886 e. The summed E-state index contributed by atoms with van der Waals surface area (Å²) in [7, 11) is 0. The van der Waals surface area contributed by atoms with Crippen LogP contribution in [0, 0.1) is 11.6 Å². The number of rotatable bonds is 0. The molecule has 1 heterocycles. The summed E-state index contributed by atoms with van der Waals surface area (Å²) >= 11 is 0. The number of aliphatic carboxylic acids is 1. The van der Waals surface area contributed by atoms with Gasteiger partial charge in [0.05, 0.1) is 6.20 Å². The fraction of sp³-hybridized carbons (Fsp3) is 0.400. The fourth-order valence-electron chi connectivity index (χ4n) is 0.277. The minimum absolute atomic E-state index is 0.